The molecular weight excluding hydrogens is 828 g/mol. The monoisotopic (exact) mass is 875 g/mol. The van der Waals surface area contributed by atoms with Crippen LogP contribution in [0.5, 0.6) is 0 Å². The number of nitrogens with two attached hydrogens (primary N) is 2. The Bertz CT molecular complexity index is 2140. The van der Waals surface area contributed by atoms with Crippen molar-refractivity contribution in [2.45, 2.75) is 94.7 Å². The molecule has 2 aliphatic heterocycles. The number of fused-ring (bicyclic) bond motifs is 1. The van der Waals surface area contributed by atoms with Gasteiger partial charge in [0.1, 0.15) is 48.3 Å². The van der Waals surface area contributed by atoms with Crippen LogP contribution in [0.15, 0.2) is 42.4 Å². The Balaban J connectivity index is 1.39. The van der Waals surface area contributed by atoms with E-state index in [0.717, 1.165) is 15.8 Å². The highest BCUT2D eigenvalue weighted by molar-refractivity contribution is 7.47. The number of esters is 1. The average molecular weight is 876 g/mol. The molecule has 3 aromatic heterocycles. The molecule has 2 saturated heterocycles. The van der Waals surface area contributed by atoms with Crippen LogP contribution in [0.25, 0.3) is 11.2 Å². The normalized spacial score (nSPS) is 25.1. The number of allylic oxidation sites excluding steroid dienone is 1. The van der Waals surface area contributed by atoms with E-state index in [4.69, 9.17) is 39.5 Å². The van der Waals surface area contributed by atoms with Crippen molar-refractivity contribution in [2.75, 3.05) is 38.3 Å². The van der Waals surface area contributed by atoms with Gasteiger partial charge in [0, 0.05) is 26.1 Å². The van der Waals surface area contributed by atoms with E-state index in [-0.39, 0.29) is 42.2 Å². The standard InChI is InChI=1S/C32H47N9O16P2/c1-6-7-8-22(42)39(5)17(12-51-32(2,3)4)30(44)56-26-20(55-29(25(26)43)41-16-37-24-27(34)35-15-36-28(24)41)14-53-59(49,50)57-18-11-23(40-10-9-21(33)38-31(40)45)54-19(18)13-52-58(46,47)48/h6,9-10,15-20,23,25-26,29,43H,1,7-8,11-14H2,2-5H3,(H,49,50)(H2,33,38,45)(H2,34,35,36)(H2,46,47,48)/t17-,18?,19+,20+,23?,25+,26+,29+/m0/s1. The fourth-order valence-corrected chi connectivity index (χ4v) is 7.36. The van der Waals surface area contributed by atoms with E-state index < -0.39 is 101 Å². The second-order valence-electron chi connectivity index (χ2n) is 14.4. The zero-order valence-corrected chi connectivity index (χ0v) is 34.1. The predicted molar refractivity (Wildman–Crippen MR) is 201 cm³/mol. The largest absolute Gasteiger partial charge is 0.472 e. The van der Waals surface area contributed by atoms with E-state index in [9.17, 15) is 43.3 Å². The Kier molecular flexibility index (Phi) is 14.4. The first kappa shape index (κ1) is 45.8. The molecule has 2 aliphatic rings. The minimum Gasteiger partial charge on any atom is -0.455 e. The highest BCUT2D eigenvalue weighted by atomic mass is 31.2. The van der Waals surface area contributed by atoms with Crippen molar-refractivity contribution in [3.63, 3.8) is 0 Å². The van der Waals surface area contributed by atoms with Gasteiger partial charge in [-0.15, -0.1) is 6.58 Å². The van der Waals surface area contributed by atoms with E-state index >= 15 is 0 Å². The fourth-order valence-electron chi connectivity index (χ4n) is 6.06. The molecule has 0 spiro atoms. The first-order chi connectivity index (χ1) is 27.6. The maximum absolute atomic E-state index is 13.9. The van der Waals surface area contributed by atoms with Crippen molar-refractivity contribution in [3.8, 4) is 0 Å². The molecule has 25 nitrogen and oxygen atoms in total. The van der Waals surface area contributed by atoms with Crippen molar-refractivity contribution in [1.82, 2.24) is 34.0 Å². The summed E-state index contributed by atoms with van der Waals surface area (Å²) in [6.07, 6.45) is -5.31. The van der Waals surface area contributed by atoms with E-state index in [2.05, 4.69) is 31.0 Å². The average Bonchev–Trinajstić information content (AvgIpc) is 3.83. The van der Waals surface area contributed by atoms with Gasteiger partial charge in [-0.25, -0.2) is 33.7 Å². The minimum absolute atomic E-state index is 0.00785. The van der Waals surface area contributed by atoms with Crippen molar-refractivity contribution in [1.29, 1.82) is 0 Å². The number of phosphoric ester groups is 2. The summed E-state index contributed by atoms with van der Waals surface area (Å²) in [6.45, 7) is 6.78. The van der Waals surface area contributed by atoms with Crippen molar-refractivity contribution in [3.05, 3.63) is 48.1 Å². The first-order valence-corrected chi connectivity index (χ1v) is 20.9. The zero-order chi connectivity index (χ0) is 43.4. The van der Waals surface area contributed by atoms with Crippen molar-refractivity contribution < 1.29 is 71.0 Å². The number of aliphatic hydroxyl groups is 1. The molecule has 0 saturated carbocycles. The van der Waals surface area contributed by atoms with Gasteiger partial charge < -0.3 is 55.1 Å². The number of carbonyl (C=O) groups excluding carboxylic acids is 2. The molecule has 59 heavy (non-hydrogen) atoms. The third-order valence-electron chi connectivity index (χ3n) is 9.01. The van der Waals surface area contributed by atoms with Crippen LogP contribution in [-0.4, -0.2) is 135 Å². The Labute approximate surface area is 336 Å². The van der Waals surface area contributed by atoms with E-state index in [1.54, 1.807) is 20.8 Å². The van der Waals surface area contributed by atoms with Gasteiger partial charge in [-0.05, 0) is 33.3 Å². The van der Waals surface area contributed by atoms with Crippen LogP contribution in [0.1, 0.15) is 52.5 Å². The summed E-state index contributed by atoms with van der Waals surface area (Å²) in [6, 6.07) is -0.0561. The Morgan fingerprint density at radius 3 is 2.47 bits per heavy atom. The van der Waals surface area contributed by atoms with Gasteiger partial charge in [0.05, 0.1) is 31.7 Å². The number of amides is 1. The number of hydrogen-bond donors (Lipinski definition) is 6. The summed E-state index contributed by atoms with van der Waals surface area (Å²) in [4.78, 5) is 86.0. The molecule has 5 rings (SSSR count). The summed E-state index contributed by atoms with van der Waals surface area (Å²) < 4.78 is 66.0. The SMILES string of the molecule is C=CCCC(=O)N(C)[C@@H](COC(C)(C)C)C(=O)O[C@H]1[C@@H](O)[C@H](n2cnc3c(N)ncnc32)O[C@@H]1COP(=O)(O)OC1CC(n2ccc(N)nc2=O)O[C@@H]1COP(=O)(O)O. The number of carbonyl (C=O) groups is 2. The van der Waals surface area contributed by atoms with Crippen LogP contribution in [-0.2, 0) is 51.2 Å². The molecule has 326 valence electrons. The lowest BCUT2D eigenvalue weighted by Gasteiger charge is -2.31. The van der Waals surface area contributed by atoms with Gasteiger partial charge >= 0.3 is 27.3 Å². The van der Waals surface area contributed by atoms with E-state index in [1.165, 1.54) is 36.3 Å². The summed E-state index contributed by atoms with van der Waals surface area (Å²) in [7, 11) is -8.91. The molecule has 0 radical (unpaired) electrons. The number of anilines is 2. The van der Waals surface area contributed by atoms with Gasteiger partial charge in [0.25, 0.3) is 0 Å². The highest BCUT2D eigenvalue weighted by Gasteiger charge is 2.50. The van der Waals surface area contributed by atoms with Gasteiger partial charge in [-0.2, -0.15) is 4.98 Å². The number of rotatable bonds is 18. The molecule has 2 fully saturated rings. The maximum Gasteiger partial charge on any atom is 0.472 e. The van der Waals surface area contributed by atoms with Crippen LogP contribution in [0.3, 0.4) is 0 Å². The third-order valence-corrected chi connectivity index (χ3v) is 10.5. The summed E-state index contributed by atoms with van der Waals surface area (Å²) >= 11 is 0. The second-order valence-corrected chi connectivity index (χ2v) is 17.1. The molecule has 9 atom stereocenters. The van der Waals surface area contributed by atoms with Crippen molar-refractivity contribution in [2.24, 2.45) is 0 Å². The number of phosphoric acid groups is 2. The van der Waals surface area contributed by atoms with Crippen LogP contribution >= 0.6 is 15.6 Å². The lowest BCUT2D eigenvalue weighted by Crippen LogP contribution is -2.50. The predicted octanol–water partition coefficient (Wildman–Crippen LogP) is -0.0750. The number of imidazole rings is 1. The second kappa shape index (κ2) is 18.6. The highest BCUT2D eigenvalue weighted by Crippen LogP contribution is 2.50. The number of nitrogens with zero attached hydrogens (tertiary/aromatic N) is 7. The third kappa shape index (κ3) is 11.7. The Hall–Kier alpha value is -4.23. The van der Waals surface area contributed by atoms with Crippen LogP contribution in [0.2, 0.25) is 0 Å². The molecule has 0 bridgehead atoms. The fraction of sp³-hybridized carbons (Fsp3) is 0.594. The van der Waals surface area contributed by atoms with E-state index in [1.807, 2.05) is 0 Å². The molecule has 3 aromatic rings. The molecular formula is C32H47N9O16P2. The quantitative estimate of drug-likeness (QED) is 0.0553. The molecule has 27 heteroatoms. The number of nitrogen functional groups attached to an aromatic ring is 2. The molecule has 8 N–H and O–H groups in total. The van der Waals surface area contributed by atoms with Gasteiger partial charge in [0.2, 0.25) is 5.91 Å². The smallest absolute Gasteiger partial charge is 0.455 e. The molecule has 1 amide bonds. The minimum atomic E-state index is -5.22. The number of aliphatic hydroxyl groups excluding tert-OH is 1. The Morgan fingerprint density at radius 2 is 1.81 bits per heavy atom. The first-order valence-electron chi connectivity index (χ1n) is 17.9. The lowest BCUT2D eigenvalue weighted by atomic mass is 10.1. The maximum atomic E-state index is 13.9. The van der Waals surface area contributed by atoms with Crippen LogP contribution < -0.4 is 17.2 Å². The molecule has 0 aromatic carbocycles. The van der Waals surface area contributed by atoms with Crippen molar-refractivity contribution >= 4 is 50.3 Å². The van der Waals surface area contributed by atoms with Gasteiger partial charge in [-0.1, -0.05) is 6.08 Å². The molecule has 0 aliphatic carbocycles. The number of hydrogen-bond acceptors (Lipinski definition) is 19. The molecule has 3 unspecified atom stereocenters. The number of aromatic nitrogens is 6. The lowest BCUT2D eigenvalue weighted by molar-refractivity contribution is -0.169. The number of ether oxygens (including phenoxy) is 4. The van der Waals surface area contributed by atoms with Gasteiger partial charge in [0.15, 0.2) is 29.8 Å². The summed E-state index contributed by atoms with van der Waals surface area (Å²) in [5, 5.41) is 11.7. The Morgan fingerprint density at radius 1 is 1.10 bits per heavy atom. The van der Waals surface area contributed by atoms with E-state index in [0.29, 0.717) is 6.42 Å². The van der Waals surface area contributed by atoms with Gasteiger partial charge in [-0.3, -0.25) is 27.5 Å². The summed E-state index contributed by atoms with van der Waals surface area (Å²) in [5.74, 6) is -1.56. The van der Waals surface area contributed by atoms with Crippen LogP contribution in [0, 0.1) is 0 Å². The molecule has 5 heterocycles. The number of likely N-dealkylation sites (N-methyl/N-ethyl adjacent to an activating group) is 1. The zero-order valence-electron chi connectivity index (χ0n) is 32.3. The summed E-state index contributed by atoms with van der Waals surface area (Å²) in [5.41, 5.74) is 10.2. The topological polar surface area (TPSA) is 348 Å². The van der Waals surface area contributed by atoms with Crippen LogP contribution in [0.4, 0.5) is 11.6 Å².